The second-order valence-corrected chi connectivity index (χ2v) is 9.38. The zero-order valence-corrected chi connectivity index (χ0v) is 18.1. The van der Waals surface area contributed by atoms with Gasteiger partial charge in [-0.05, 0) is 59.5 Å². The maximum Gasteiger partial charge on any atom is 0.339 e. The number of ether oxygens (including phenoxy) is 1. The lowest BCUT2D eigenvalue weighted by Gasteiger charge is -2.14. The van der Waals surface area contributed by atoms with Crippen LogP contribution in [0.2, 0.25) is 0 Å². The van der Waals surface area contributed by atoms with Crippen molar-refractivity contribution in [1.29, 1.82) is 0 Å². The van der Waals surface area contributed by atoms with Crippen LogP contribution in [-0.4, -0.2) is 32.9 Å². The second kappa shape index (κ2) is 9.06. The van der Waals surface area contributed by atoms with Gasteiger partial charge in [0.2, 0.25) is 10.0 Å². The van der Waals surface area contributed by atoms with Gasteiger partial charge in [0.1, 0.15) is 0 Å². The summed E-state index contributed by atoms with van der Waals surface area (Å²) in [5.41, 5.74) is 0.962. The van der Waals surface area contributed by atoms with Crippen LogP contribution in [-0.2, 0) is 19.6 Å². The Bertz CT molecular complexity index is 1010. The standard InChI is InChI=1S/C20H21BrN2O5S/c1-13(14-5-3-2-4-6-14)22-19(24)12-28-20(25)17-11-16(9-10-18(17)21)29(26,27)23-15-7-8-15/h2-6,9-11,13,15,23H,7-8,12H2,1H3,(H,22,24). The number of benzene rings is 2. The third kappa shape index (κ3) is 5.88. The quantitative estimate of drug-likeness (QED) is 0.565. The molecule has 1 unspecified atom stereocenters. The summed E-state index contributed by atoms with van der Waals surface area (Å²) in [6, 6.07) is 13.2. The summed E-state index contributed by atoms with van der Waals surface area (Å²) in [5, 5.41) is 2.75. The Morgan fingerprint density at radius 1 is 1.17 bits per heavy atom. The van der Waals surface area contributed by atoms with Crippen molar-refractivity contribution in [1.82, 2.24) is 10.0 Å². The van der Waals surface area contributed by atoms with Crippen molar-refractivity contribution < 1.29 is 22.7 Å². The molecule has 29 heavy (non-hydrogen) atoms. The van der Waals surface area contributed by atoms with Crippen LogP contribution in [0.5, 0.6) is 0 Å². The van der Waals surface area contributed by atoms with Crippen LogP contribution in [0.4, 0.5) is 0 Å². The first-order valence-electron chi connectivity index (χ1n) is 9.09. The predicted molar refractivity (Wildman–Crippen MR) is 111 cm³/mol. The van der Waals surface area contributed by atoms with E-state index >= 15 is 0 Å². The lowest BCUT2D eigenvalue weighted by atomic mass is 10.1. The van der Waals surface area contributed by atoms with E-state index in [1.165, 1.54) is 18.2 Å². The van der Waals surface area contributed by atoms with Gasteiger partial charge in [0.05, 0.1) is 16.5 Å². The SMILES string of the molecule is CC(NC(=O)COC(=O)c1cc(S(=O)(=O)NC2CC2)ccc1Br)c1ccccc1. The van der Waals surface area contributed by atoms with Gasteiger partial charge < -0.3 is 10.1 Å². The zero-order chi connectivity index (χ0) is 21.0. The van der Waals surface area contributed by atoms with Crippen LogP contribution in [0.15, 0.2) is 57.9 Å². The number of halogens is 1. The van der Waals surface area contributed by atoms with Gasteiger partial charge in [0.25, 0.3) is 5.91 Å². The summed E-state index contributed by atoms with van der Waals surface area (Å²) in [6.07, 6.45) is 1.61. The molecule has 0 spiro atoms. The summed E-state index contributed by atoms with van der Waals surface area (Å²) in [6.45, 7) is 1.35. The van der Waals surface area contributed by atoms with Gasteiger partial charge >= 0.3 is 5.97 Å². The number of carbonyl (C=O) groups is 2. The van der Waals surface area contributed by atoms with Crippen LogP contribution in [0.25, 0.3) is 0 Å². The average molecular weight is 481 g/mol. The van der Waals surface area contributed by atoms with E-state index in [-0.39, 0.29) is 22.5 Å². The van der Waals surface area contributed by atoms with Crippen molar-refractivity contribution >= 4 is 37.8 Å². The molecule has 0 aromatic heterocycles. The molecule has 2 aromatic carbocycles. The van der Waals surface area contributed by atoms with Gasteiger partial charge in [-0.25, -0.2) is 17.9 Å². The number of nitrogens with one attached hydrogen (secondary N) is 2. The molecule has 2 N–H and O–H groups in total. The molecule has 9 heteroatoms. The maximum absolute atomic E-state index is 12.4. The highest BCUT2D eigenvalue weighted by atomic mass is 79.9. The van der Waals surface area contributed by atoms with Crippen LogP contribution in [0, 0.1) is 0 Å². The minimum absolute atomic E-state index is 0.0262. The van der Waals surface area contributed by atoms with Crippen LogP contribution in [0.3, 0.4) is 0 Å². The molecule has 154 valence electrons. The van der Waals surface area contributed by atoms with Gasteiger partial charge in [0.15, 0.2) is 6.61 Å². The van der Waals surface area contributed by atoms with E-state index in [1.807, 2.05) is 37.3 Å². The van der Waals surface area contributed by atoms with Crippen molar-refractivity contribution in [3.63, 3.8) is 0 Å². The molecular formula is C20H21BrN2O5S. The van der Waals surface area contributed by atoms with Crippen molar-refractivity contribution in [3.05, 3.63) is 64.1 Å². The largest absolute Gasteiger partial charge is 0.452 e. The van der Waals surface area contributed by atoms with E-state index in [0.717, 1.165) is 18.4 Å². The monoisotopic (exact) mass is 480 g/mol. The van der Waals surface area contributed by atoms with Gasteiger partial charge in [0, 0.05) is 10.5 Å². The minimum Gasteiger partial charge on any atom is -0.452 e. The van der Waals surface area contributed by atoms with E-state index in [4.69, 9.17) is 4.74 Å². The van der Waals surface area contributed by atoms with E-state index in [1.54, 1.807) is 0 Å². The molecule has 1 atom stereocenters. The normalized spacial score (nSPS) is 14.8. The Morgan fingerprint density at radius 2 is 1.86 bits per heavy atom. The molecule has 1 amide bonds. The molecule has 0 saturated heterocycles. The molecule has 0 bridgehead atoms. The van der Waals surface area contributed by atoms with E-state index in [9.17, 15) is 18.0 Å². The molecule has 0 heterocycles. The Balaban J connectivity index is 1.61. The Morgan fingerprint density at radius 3 is 2.52 bits per heavy atom. The number of esters is 1. The first kappa shape index (κ1) is 21.5. The minimum atomic E-state index is -3.71. The highest BCUT2D eigenvalue weighted by Crippen LogP contribution is 2.25. The molecule has 1 saturated carbocycles. The highest BCUT2D eigenvalue weighted by Gasteiger charge is 2.29. The van der Waals surface area contributed by atoms with Gasteiger partial charge in [-0.15, -0.1) is 0 Å². The van der Waals surface area contributed by atoms with Gasteiger partial charge in [-0.3, -0.25) is 4.79 Å². The molecule has 3 rings (SSSR count). The number of rotatable bonds is 8. The van der Waals surface area contributed by atoms with E-state index < -0.39 is 28.5 Å². The number of hydrogen-bond acceptors (Lipinski definition) is 5. The summed E-state index contributed by atoms with van der Waals surface area (Å²) in [4.78, 5) is 24.5. The summed E-state index contributed by atoms with van der Waals surface area (Å²) >= 11 is 3.22. The molecule has 0 aliphatic heterocycles. The van der Waals surface area contributed by atoms with Crippen molar-refractivity contribution in [2.24, 2.45) is 0 Å². The Labute approximate surface area is 178 Å². The lowest BCUT2D eigenvalue weighted by molar-refractivity contribution is -0.124. The molecule has 1 aliphatic carbocycles. The summed E-state index contributed by atoms with van der Waals surface area (Å²) in [7, 11) is -3.71. The average Bonchev–Trinajstić information content (AvgIpc) is 3.50. The molecule has 7 nitrogen and oxygen atoms in total. The molecule has 1 fully saturated rings. The molecule has 1 aliphatic rings. The van der Waals surface area contributed by atoms with Gasteiger partial charge in [-0.2, -0.15) is 0 Å². The second-order valence-electron chi connectivity index (χ2n) is 6.81. The van der Waals surface area contributed by atoms with Crippen LogP contribution >= 0.6 is 15.9 Å². The number of sulfonamides is 1. The predicted octanol–water partition coefficient (Wildman–Crippen LogP) is 2.92. The molecule has 2 aromatic rings. The fraction of sp³-hybridized carbons (Fsp3) is 0.300. The Kier molecular flexibility index (Phi) is 6.71. The van der Waals surface area contributed by atoms with E-state index in [0.29, 0.717) is 4.47 Å². The first-order valence-corrected chi connectivity index (χ1v) is 11.4. The lowest BCUT2D eigenvalue weighted by Crippen LogP contribution is -2.31. The highest BCUT2D eigenvalue weighted by molar-refractivity contribution is 9.10. The smallest absolute Gasteiger partial charge is 0.339 e. The topological polar surface area (TPSA) is 102 Å². The third-order valence-corrected chi connectivity index (χ3v) is 6.59. The molecule has 0 radical (unpaired) electrons. The number of hydrogen-bond donors (Lipinski definition) is 2. The number of carbonyl (C=O) groups excluding carboxylic acids is 2. The van der Waals surface area contributed by atoms with Crippen LogP contribution in [0.1, 0.15) is 41.7 Å². The third-order valence-electron chi connectivity index (χ3n) is 4.38. The van der Waals surface area contributed by atoms with Crippen molar-refractivity contribution in [2.75, 3.05) is 6.61 Å². The fourth-order valence-corrected chi connectivity index (χ4v) is 4.37. The summed E-state index contributed by atoms with van der Waals surface area (Å²) < 4.78 is 32.7. The Hall–Kier alpha value is -2.23. The van der Waals surface area contributed by atoms with Gasteiger partial charge in [-0.1, -0.05) is 30.3 Å². The molecular weight excluding hydrogens is 460 g/mol. The first-order chi connectivity index (χ1) is 13.8. The number of amides is 1. The summed E-state index contributed by atoms with van der Waals surface area (Å²) in [5.74, 6) is -1.24. The zero-order valence-electron chi connectivity index (χ0n) is 15.7. The fourth-order valence-electron chi connectivity index (χ4n) is 2.63. The maximum atomic E-state index is 12.4. The van der Waals surface area contributed by atoms with Crippen molar-refractivity contribution in [3.8, 4) is 0 Å². The van der Waals surface area contributed by atoms with Crippen LogP contribution < -0.4 is 10.0 Å². The van der Waals surface area contributed by atoms with Crippen molar-refractivity contribution in [2.45, 2.75) is 36.7 Å². The van der Waals surface area contributed by atoms with E-state index in [2.05, 4.69) is 26.0 Å².